The molecule has 0 saturated heterocycles. The molecular weight excluding hydrogens is 251 g/mol. The smallest absolute Gasteiger partial charge is 0.338 e. The van der Waals surface area contributed by atoms with Gasteiger partial charge in [0.25, 0.3) is 0 Å². The van der Waals surface area contributed by atoms with E-state index in [0.717, 1.165) is 11.7 Å². The molecular formula is C14H17FO2S. The minimum Gasteiger partial charge on any atom is -0.478 e. The highest BCUT2D eigenvalue weighted by atomic mass is 32.2. The van der Waals surface area contributed by atoms with Crippen molar-refractivity contribution in [2.75, 3.05) is 5.75 Å². The van der Waals surface area contributed by atoms with E-state index in [1.54, 1.807) is 23.9 Å². The summed E-state index contributed by atoms with van der Waals surface area (Å²) in [7, 11) is 0. The van der Waals surface area contributed by atoms with Crippen molar-refractivity contribution in [3.8, 4) is 0 Å². The molecule has 2 nitrogen and oxygen atoms in total. The molecule has 98 valence electrons. The number of halogens is 1. The van der Waals surface area contributed by atoms with Crippen LogP contribution in [0.2, 0.25) is 0 Å². The third-order valence-corrected chi connectivity index (χ3v) is 4.62. The second-order valence-corrected chi connectivity index (χ2v) is 5.78. The lowest BCUT2D eigenvalue weighted by Gasteiger charge is -2.09. The summed E-state index contributed by atoms with van der Waals surface area (Å²) >= 11 is 1.71. The topological polar surface area (TPSA) is 37.3 Å². The first-order chi connectivity index (χ1) is 8.68. The number of carboxylic acids is 1. The molecule has 2 rings (SSSR count). The van der Waals surface area contributed by atoms with E-state index in [4.69, 9.17) is 5.11 Å². The minimum atomic E-state index is -1.20. The first-order valence-electron chi connectivity index (χ1n) is 6.27. The quantitative estimate of drug-likeness (QED) is 0.878. The summed E-state index contributed by atoms with van der Waals surface area (Å²) in [6.07, 6.45) is 5.19. The van der Waals surface area contributed by atoms with Crippen LogP contribution in [0.1, 0.15) is 41.6 Å². The van der Waals surface area contributed by atoms with Gasteiger partial charge in [0.1, 0.15) is 5.82 Å². The fraction of sp³-hybridized carbons (Fsp3) is 0.500. The van der Waals surface area contributed by atoms with Crippen LogP contribution in [-0.4, -0.2) is 16.8 Å². The molecule has 0 heterocycles. The molecule has 1 aliphatic rings. The van der Waals surface area contributed by atoms with Gasteiger partial charge >= 0.3 is 5.97 Å². The summed E-state index contributed by atoms with van der Waals surface area (Å²) in [5.74, 6) is 0.597. The fourth-order valence-electron chi connectivity index (χ4n) is 2.37. The first kappa shape index (κ1) is 13.4. The van der Waals surface area contributed by atoms with Gasteiger partial charge in [-0.1, -0.05) is 25.0 Å². The van der Waals surface area contributed by atoms with Gasteiger partial charge in [-0.2, -0.15) is 11.8 Å². The van der Waals surface area contributed by atoms with E-state index < -0.39 is 11.8 Å². The molecule has 0 spiro atoms. The Balaban J connectivity index is 1.92. The normalized spacial score (nSPS) is 16.1. The highest BCUT2D eigenvalue weighted by molar-refractivity contribution is 7.98. The lowest BCUT2D eigenvalue weighted by Crippen LogP contribution is -2.03. The van der Waals surface area contributed by atoms with Crippen LogP contribution in [0.5, 0.6) is 0 Å². The number of carboxylic acid groups (broad SMARTS) is 1. The van der Waals surface area contributed by atoms with E-state index in [2.05, 4.69) is 0 Å². The van der Waals surface area contributed by atoms with Gasteiger partial charge in [0.2, 0.25) is 0 Å². The fourth-order valence-corrected chi connectivity index (χ4v) is 3.60. The molecule has 1 N–H and O–H groups in total. The molecule has 1 aromatic rings. The summed E-state index contributed by atoms with van der Waals surface area (Å²) in [6.45, 7) is 0. The zero-order chi connectivity index (χ0) is 13.0. The zero-order valence-corrected chi connectivity index (χ0v) is 11.0. The Hall–Kier alpha value is -1.03. The summed E-state index contributed by atoms with van der Waals surface area (Å²) in [5, 5.41) is 8.84. The van der Waals surface area contributed by atoms with E-state index in [0.29, 0.717) is 11.3 Å². The largest absolute Gasteiger partial charge is 0.478 e. The standard InChI is InChI=1S/C14H17FO2S/c15-13-11(6-3-7-12(13)14(16)17)9-18-8-10-4-1-2-5-10/h3,6-7,10H,1-2,4-5,8-9H2,(H,16,17). The lowest BCUT2D eigenvalue weighted by molar-refractivity contribution is 0.0691. The van der Waals surface area contributed by atoms with Crippen molar-refractivity contribution in [3.05, 3.63) is 35.1 Å². The highest BCUT2D eigenvalue weighted by Gasteiger charge is 2.16. The van der Waals surface area contributed by atoms with Crippen molar-refractivity contribution < 1.29 is 14.3 Å². The number of thioether (sulfide) groups is 1. The third-order valence-electron chi connectivity index (χ3n) is 3.39. The van der Waals surface area contributed by atoms with Gasteiger partial charge in [0, 0.05) is 5.75 Å². The van der Waals surface area contributed by atoms with Gasteiger partial charge < -0.3 is 5.11 Å². The third kappa shape index (κ3) is 3.25. The predicted octanol–water partition coefficient (Wildman–Crippen LogP) is 3.95. The second kappa shape index (κ2) is 6.23. The van der Waals surface area contributed by atoms with Crippen molar-refractivity contribution in [2.45, 2.75) is 31.4 Å². The molecule has 0 radical (unpaired) electrons. The van der Waals surface area contributed by atoms with Crippen molar-refractivity contribution in [2.24, 2.45) is 5.92 Å². The van der Waals surface area contributed by atoms with Crippen molar-refractivity contribution in [1.29, 1.82) is 0 Å². The van der Waals surface area contributed by atoms with Crippen molar-refractivity contribution in [3.63, 3.8) is 0 Å². The number of hydrogen-bond donors (Lipinski definition) is 1. The highest BCUT2D eigenvalue weighted by Crippen LogP contribution is 2.29. The first-order valence-corrected chi connectivity index (χ1v) is 7.42. The maximum atomic E-state index is 13.8. The number of carbonyl (C=O) groups is 1. The van der Waals surface area contributed by atoms with Crippen LogP contribution in [0.4, 0.5) is 4.39 Å². The molecule has 1 aliphatic carbocycles. The van der Waals surface area contributed by atoms with E-state index in [9.17, 15) is 9.18 Å². The Morgan fingerprint density at radius 2 is 2.11 bits per heavy atom. The molecule has 4 heteroatoms. The Kier molecular flexibility index (Phi) is 4.64. The predicted molar refractivity (Wildman–Crippen MR) is 71.5 cm³/mol. The Morgan fingerprint density at radius 1 is 1.39 bits per heavy atom. The minimum absolute atomic E-state index is 0.228. The molecule has 0 amide bonds. The number of benzene rings is 1. The Morgan fingerprint density at radius 3 is 2.78 bits per heavy atom. The molecule has 1 saturated carbocycles. The summed E-state index contributed by atoms with van der Waals surface area (Å²) in [6, 6.07) is 4.59. The Labute approximate surface area is 111 Å². The van der Waals surface area contributed by atoms with E-state index in [-0.39, 0.29) is 5.56 Å². The van der Waals surface area contributed by atoms with Gasteiger partial charge in [-0.05, 0) is 36.1 Å². The van der Waals surface area contributed by atoms with Gasteiger partial charge in [-0.25, -0.2) is 9.18 Å². The van der Waals surface area contributed by atoms with Gasteiger partial charge in [-0.15, -0.1) is 0 Å². The maximum absolute atomic E-state index is 13.8. The van der Waals surface area contributed by atoms with E-state index in [1.807, 2.05) is 0 Å². The molecule has 1 aromatic carbocycles. The molecule has 1 fully saturated rings. The maximum Gasteiger partial charge on any atom is 0.338 e. The van der Waals surface area contributed by atoms with Crippen molar-refractivity contribution >= 4 is 17.7 Å². The molecule has 18 heavy (non-hydrogen) atoms. The average Bonchev–Trinajstić information content (AvgIpc) is 2.84. The second-order valence-electron chi connectivity index (χ2n) is 4.75. The van der Waals surface area contributed by atoms with E-state index >= 15 is 0 Å². The lowest BCUT2D eigenvalue weighted by atomic mass is 10.1. The van der Waals surface area contributed by atoms with Crippen LogP contribution < -0.4 is 0 Å². The van der Waals surface area contributed by atoms with Crippen LogP contribution in [-0.2, 0) is 5.75 Å². The van der Waals surface area contributed by atoms with Gasteiger partial charge in [-0.3, -0.25) is 0 Å². The summed E-state index contributed by atoms with van der Waals surface area (Å²) < 4.78 is 13.8. The summed E-state index contributed by atoms with van der Waals surface area (Å²) in [5.41, 5.74) is 0.270. The SMILES string of the molecule is O=C(O)c1cccc(CSCC2CCCC2)c1F. The van der Waals surface area contributed by atoms with Crippen LogP contribution >= 0.6 is 11.8 Å². The van der Waals surface area contributed by atoms with Gasteiger partial charge in [0.15, 0.2) is 0 Å². The van der Waals surface area contributed by atoms with Gasteiger partial charge in [0.05, 0.1) is 5.56 Å². The molecule has 0 bridgehead atoms. The average molecular weight is 268 g/mol. The van der Waals surface area contributed by atoms with Crippen LogP contribution in [0.3, 0.4) is 0 Å². The number of hydrogen-bond acceptors (Lipinski definition) is 2. The Bertz CT molecular complexity index is 428. The monoisotopic (exact) mass is 268 g/mol. The molecule has 0 unspecified atom stereocenters. The zero-order valence-electron chi connectivity index (χ0n) is 10.2. The van der Waals surface area contributed by atoms with Crippen molar-refractivity contribution in [1.82, 2.24) is 0 Å². The van der Waals surface area contributed by atoms with Crippen LogP contribution in [0, 0.1) is 11.7 Å². The number of rotatable bonds is 5. The molecule has 0 aliphatic heterocycles. The summed E-state index contributed by atoms with van der Waals surface area (Å²) in [4.78, 5) is 10.8. The van der Waals surface area contributed by atoms with Crippen LogP contribution in [0.15, 0.2) is 18.2 Å². The molecule has 0 atom stereocenters. The van der Waals surface area contributed by atoms with E-state index in [1.165, 1.54) is 31.7 Å². The molecule has 0 aromatic heterocycles. The number of aromatic carboxylic acids is 1. The van der Waals surface area contributed by atoms with Crippen LogP contribution in [0.25, 0.3) is 0 Å².